The zero-order chi connectivity index (χ0) is 20.0. The number of esters is 1. The lowest BCUT2D eigenvalue weighted by molar-refractivity contribution is -0.245. The van der Waals surface area contributed by atoms with Gasteiger partial charge in [-0.1, -0.05) is 30.3 Å². The summed E-state index contributed by atoms with van der Waals surface area (Å²) in [6.45, 7) is 6.00. The Hall–Kier alpha value is -2.45. The van der Waals surface area contributed by atoms with Crippen LogP contribution in [0.25, 0.3) is 0 Å². The first-order valence-corrected chi connectivity index (χ1v) is 8.80. The topological polar surface area (TPSA) is 103 Å². The van der Waals surface area contributed by atoms with Crippen molar-refractivity contribution in [1.29, 1.82) is 0 Å². The highest BCUT2D eigenvalue weighted by Crippen LogP contribution is 2.25. The second kappa shape index (κ2) is 9.48. The molecule has 8 nitrogen and oxygen atoms in total. The quantitative estimate of drug-likeness (QED) is 0.713. The van der Waals surface area contributed by atoms with Crippen LogP contribution in [0.5, 0.6) is 0 Å². The number of rotatable bonds is 6. The monoisotopic (exact) mass is 378 g/mol. The SMILES string of the molecule is CC(=O)N[C@@H]1[C@H](OC(C)=O)[C@@H](NC(C)=O)C(OCc2ccccc2)O[C@@H]1C. The molecule has 1 heterocycles. The van der Waals surface area contributed by atoms with Crippen molar-refractivity contribution in [3.8, 4) is 0 Å². The minimum atomic E-state index is -0.849. The Bertz CT molecular complexity index is 665. The number of hydrogen-bond acceptors (Lipinski definition) is 6. The number of carbonyl (C=O) groups excluding carboxylic acids is 3. The number of amides is 2. The summed E-state index contributed by atoms with van der Waals surface area (Å²) in [7, 11) is 0. The molecule has 0 radical (unpaired) electrons. The maximum absolute atomic E-state index is 11.7. The average Bonchev–Trinajstić information content (AvgIpc) is 2.59. The van der Waals surface area contributed by atoms with Crippen molar-refractivity contribution in [2.24, 2.45) is 0 Å². The van der Waals surface area contributed by atoms with Crippen LogP contribution in [0, 0.1) is 0 Å². The molecule has 2 N–H and O–H groups in total. The van der Waals surface area contributed by atoms with Gasteiger partial charge in [0.15, 0.2) is 6.29 Å². The molecule has 0 bridgehead atoms. The average molecular weight is 378 g/mol. The molecule has 2 amide bonds. The maximum atomic E-state index is 11.7. The molecule has 2 rings (SSSR count). The highest BCUT2D eigenvalue weighted by atomic mass is 16.7. The van der Waals surface area contributed by atoms with E-state index < -0.39 is 36.6 Å². The lowest BCUT2D eigenvalue weighted by Crippen LogP contribution is -2.68. The molecule has 0 spiro atoms. The van der Waals surface area contributed by atoms with Gasteiger partial charge in [-0.2, -0.15) is 0 Å². The van der Waals surface area contributed by atoms with Gasteiger partial charge < -0.3 is 24.8 Å². The zero-order valence-corrected chi connectivity index (χ0v) is 15.9. The number of nitrogens with one attached hydrogen (secondary N) is 2. The second-order valence-corrected chi connectivity index (χ2v) is 6.53. The molecule has 5 atom stereocenters. The normalized spacial score (nSPS) is 27.5. The summed E-state index contributed by atoms with van der Waals surface area (Å²) in [5, 5.41) is 5.47. The van der Waals surface area contributed by atoms with E-state index in [1.807, 2.05) is 30.3 Å². The second-order valence-electron chi connectivity index (χ2n) is 6.53. The Labute approximate surface area is 158 Å². The highest BCUT2D eigenvalue weighted by Gasteiger charge is 2.47. The van der Waals surface area contributed by atoms with Gasteiger partial charge in [0.1, 0.15) is 12.1 Å². The van der Waals surface area contributed by atoms with Crippen molar-refractivity contribution >= 4 is 17.8 Å². The predicted octanol–water partition coefficient (Wildman–Crippen LogP) is 0.889. The maximum Gasteiger partial charge on any atom is 0.303 e. The molecule has 27 heavy (non-hydrogen) atoms. The molecule has 1 aromatic carbocycles. The molecule has 1 saturated heterocycles. The molecular formula is C19H26N2O6. The van der Waals surface area contributed by atoms with E-state index in [-0.39, 0.29) is 18.4 Å². The Kier molecular flexibility index (Phi) is 7.32. The van der Waals surface area contributed by atoms with Crippen molar-refractivity contribution in [3.05, 3.63) is 35.9 Å². The predicted molar refractivity (Wildman–Crippen MR) is 96.3 cm³/mol. The van der Waals surface area contributed by atoms with Gasteiger partial charge >= 0.3 is 5.97 Å². The Balaban J connectivity index is 2.24. The van der Waals surface area contributed by atoms with Crippen LogP contribution in [0.3, 0.4) is 0 Å². The summed E-state index contributed by atoms with van der Waals surface area (Å²) in [6, 6.07) is 8.10. The third-order valence-electron chi connectivity index (χ3n) is 4.15. The van der Waals surface area contributed by atoms with Gasteiger partial charge in [-0.15, -0.1) is 0 Å². The molecule has 1 aliphatic heterocycles. The molecule has 0 saturated carbocycles. The molecule has 0 aliphatic carbocycles. The molecule has 0 aromatic heterocycles. The fourth-order valence-corrected chi connectivity index (χ4v) is 3.08. The van der Waals surface area contributed by atoms with E-state index in [0.717, 1.165) is 5.56 Å². The molecule has 1 unspecified atom stereocenters. The van der Waals surface area contributed by atoms with Crippen molar-refractivity contribution in [1.82, 2.24) is 10.6 Å². The number of benzene rings is 1. The Morgan fingerprint density at radius 3 is 2.15 bits per heavy atom. The van der Waals surface area contributed by atoms with Crippen LogP contribution in [-0.4, -0.2) is 48.4 Å². The van der Waals surface area contributed by atoms with Gasteiger partial charge in [0, 0.05) is 20.8 Å². The van der Waals surface area contributed by atoms with Gasteiger partial charge in [0.05, 0.1) is 18.8 Å². The summed E-state index contributed by atoms with van der Waals surface area (Å²) in [5.41, 5.74) is 0.934. The van der Waals surface area contributed by atoms with Crippen LogP contribution >= 0.6 is 0 Å². The van der Waals surface area contributed by atoms with E-state index >= 15 is 0 Å². The Morgan fingerprint density at radius 1 is 1.00 bits per heavy atom. The van der Waals surface area contributed by atoms with Crippen LogP contribution in [0.1, 0.15) is 33.3 Å². The van der Waals surface area contributed by atoms with Crippen molar-refractivity contribution < 1.29 is 28.6 Å². The first kappa shape index (κ1) is 20.9. The first-order valence-electron chi connectivity index (χ1n) is 8.80. The number of carbonyl (C=O) groups is 3. The summed E-state index contributed by atoms with van der Waals surface area (Å²) in [4.78, 5) is 34.9. The lowest BCUT2D eigenvalue weighted by atomic mass is 9.94. The molecule has 148 valence electrons. The molecule has 8 heteroatoms. The van der Waals surface area contributed by atoms with Crippen molar-refractivity contribution in [2.75, 3.05) is 0 Å². The number of hydrogen-bond donors (Lipinski definition) is 2. The fourth-order valence-electron chi connectivity index (χ4n) is 3.08. The summed E-state index contributed by atoms with van der Waals surface area (Å²) in [6.07, 6.45) is -2.18. The Morgan fingerprint density at radius 2 is 1.59 bits per heavy atom. The van der Waals surface area contributed by atoms with Crippen LogP contribution < -0.4 is 10.6 Å². The highest BCUT2D eigenvalue weighted by molar-refractivity contribution is 5.74. The van der Waals surface area contributed by atoms with Gasteiger partial charge in [-0.25, -0.2) is 0 Å². The zero-order valence-electron chi connectivity index (χ0n) is 15.9. The first-order chi connectivity index (χ1) is 12.8. The molecule has 1 aliphatic rings. The van der Waals surface area contributed by atoms with E-state index in [0.29, 0.717) is 0 Å². The summed E-state index contributed by atoms with van der Waals surface area (Å²) >= 11 is 0. The summed E-state index contributed by atoms with van der Waals surface area (Å²) < 4.78 is 17.2. The van der Waals surface area contributed by atoms with Crippen LogP contribution in [0.2, 0.25) is 0 Å². The van der Waals surface area contributed by atoms with E-state index in [2.05, 4.69) is 10.6 Å². The molecule has 1 aromatic rings. The van der Waals surface area contributed by atoms with Crippen LogP contribution in [0.4, 0.5) is 0 Å². The fraction of sp³-hybridized carbons (Fsp3) is 0.526. The third-order valence-corrected chi connectivity index (χ3v) is 4.15. The van der Waals surface area contributed by atoms with Gasteiger partial charge in [-0.05, 0) is 12.5 Å². The molecular weight excluding hydrogens is 352 g/mol. The van der Waals surface area contributed by atoms with E-state index in [4.69, 9.17) is 14.2 Å². The minimum absolute atomic E-state index is 0.256. The lowest BCUT2D eigenvalue weighted by Gasteiger charge is -2.45. The van der Waals surface area contributed by atoms with Crippen LogP contribution in [0.15, 0.2) is 30.3 Å². The largest absolute Gasteiger partial charge is 0.458 e. The van der Waals surface area contributed by atoms with E-state index in [9.17, 15) is 14.4 Å². The van der Waals surface area contributed by atoms with Crippen molar-refractivity contribution in [3.63, 3.8) is 0 Å². The number of ether oxygens (including phenoxy) is 3. The van der Waals surface area contributed by atoms with E-state index in [1.165, 1.54) is 20.8 Å². The van der Waals surface area contributed by atoms with Gasteiger partial charge in [0.25, 0.3) is 0 Å². The minimum Gasteiger partial charge on any atom is -0.458 e. The van der Waals surface area contributed by atoms with E-state index in [1.54, 1.807) is 6.92 Å². The molecule has 1 fully saturated rings. The van der Waals surface area contributed by atoms with Gasteiger partial charge in [0.2, 0.25) is 11.8 Å². The van der Waals surface area contributed by atoms with Crippen LogP contribution in [-0.2, 0) is 35.2 Å². The van der Waals surface area contributed by atoms with Crippen molar-refractivity contribution in [2.45, 2.75) is 64.9 Å². The third kappa shape index (κ3) is 6.04. The summed E-state index contributed by atoms with van der Waals surface area (Å²) in [5.74, 6) is -1.15. The standard InChI is InChI=1S/C19H26N2O6/c1-11-16(20-12(2)22)18(27-14(4)24)17(21-13(3)23)19(26-11)25-10-15-8-6-5-7-9-15/h5-9,11,16-19H,10H2,1-4H3,(H,20,22)(H,21,23)/t11-,16+,17-,18+,19?/m1/s1. The van der Waals surface area contributed by atoms with Gasteiger partial charge in [-0.3, -0.25) is 14.4 Å². The smallest absolute Gasteiger partial charge is 0.303 e.